The van der Waals surface area contributed by atoms with E-state index in [0.29, 0.717) is 24.3 Å². The van der Waals surface area contributed by atoms with Crippen molar-refractivity contribution in [1.29, 1.82) is 0 Å². The molecule has 0 aromatic carbocycles. The van der Waals surface area contributed by atoms with Crippen LogP contribution in [0, 0.1) is 0 Å². The number of esters is 1. The third-order valence-corrected chi connectivity index (χ3v) is 2.63. The number of rotatable bonds is 7. The monoisotopic (exact) mass is 258 g/mol. The van der Waals surface area contributed by atoms with Gasteiger partial charge in [0.2, 0.25) is 0 Å². The Morgan fingerprint density at radius 1 is 1.59 bits per heavy atom. The van der Waals surface area contributed by atoms with Crippen LogP contribution in [0.1, 0.15) is 26.2 Å². The summed E-state index contributed by atoms with van der Waals surface area (Å²) in [6.45, 7) is 5.56. The molecule has 0 aromatic rings. The first kappa shape index (κ1) is 15.9. The van der Waals surface area contributed by atoms with Crippen molar-refractivity contribution >= 4 is 17.6 Å². The number of aliphatic hydroxyl groups excluding tert-OH is 1. The summed E-state index contributed by atoms with van der Waals surface area (Å²) in [5, 5.41) is 10.0. The van der Waals surface area contributed by atoms with E-state index in [1.54, 1.807) is 12.2 Å². The maximum absolute atomic E-state index is 11.0. The van der Waals surface area contributed by atoms with E-state index in [4.69, 9.17) is 11.6 Å². The molecular formula is C13H19ClO3. The van der Waals surface area contributed by atoms with E-state index in [9.17, 15) is 9.90 Å². The number of carbonyl (C=O) groups excluding carboxylic acids is 1. The summed E-state index contributed by atoms with van der Waals surface area (Å²) >= 11 is 6.02. The van der Waals surface area contributed by atoms with E-state index in [0.717, 1.165) is 5.57 Å². The van der Waals surface area contributed by atoms with E-state index in [2.05, 4.69) is 11.3 Å². The van der Waals surface area contributed by atoms with Gasteiger partial charge < -0.3 is 9.84 Å². The van der Waals surface area contributed by atoms with Gasteiger partial charge >= 0.3 is 5.97 Å². The first-order valence-electron chi connectivity index (χ1n) is 5.46. The van der Waals surface area contributed by atoms with Gasteiger partial charge in [-0.25, -0.2) is 4.79 Å². The molecule has 0 fully saturated rings. The lowest BCUT2D eigenvalue weighted by Crippen LogP contribution is -2.21. The summed E-state index contributed by atoms with van der Waals surface area (Å²) in [5.41, 5.74) is 0.904. The van der Waals surface area contributed by atoms with Gasteiger partial charge in [-0.3, -0.25) is 0 Å². The topological polar surface area (TPSA) is 46.5 Å². The molecule has 0 aliphatic heterocycles. The van der Waals surface area contributed by atoms with Crippen molar-refractivity contribution in [2.24, 2.45) is 0 Å². The molecule has 0 saturated carbocycles. The lowest BCUT2D eigenvalue weighted by atomic mass is 10.1. The third-order valence-electron chi connectivity index (χ3n) is 2.26. The van der Waals surface area contributed by atoms with Gasteiger partial charge in [-0.1, -0.05) is 30.3 Å². The Bertz CT molecular complexity index is 319. The van der Waals surface area contributed by atoms with Gasteiger partial charge in [-0.15, -0.1) is 0 Å². The second kappa shape index (κ2) is 9.02. The number of ether oxygens (including phenoxy) is 1. The second-order valence-electron chi connectivity index (χ2n) is 3.51. The number of halogens is 1. The van der Waals surface area contributed by atoms with E-state index in [1.165, 1.54) is 7.11 Å². The van der Waals surface area contributed by atoms with Gasteiger partial charge in [0.1, 0.15) is 0 Å². The van der Waals surface area contributed by atoms with Crippen molar-refractivity contribution < 1.29 is 14.6 Å². The SMILES string of the molecule is C=C/C(CCC[C@@H](O)C(=O)OC)=C(Cl)\C=C/C. The van der Waals surface area contributed by atoms with Crippen LogP contribution in [-0.2, 0) is 9.53 Å². The highest BCUT2D eigenvalue weighted by molar-refractivity contribution is 6.31. The summed E-state index contributed by atoms with van der Waals surface area (Å²) in [5.74, 6) is -0.603. The Balaban J connectivity index is 4.22. The van der Waals surface area contributed by atoms with Crippen molar-refractivity contribution in [2.75, 3.05) is 7.11 Å². The fraction of sp³-hybridized carbons (Fsp3) is 0.462. The zero-order valence-electron chi connectivity index (χ0n) is 10.3. The minimum Gasteiger partial charge on any atom is -0.467 e. The van der Waals surface area contributed by atoms with Gasteiger partial charge in [0.25, 0.3) is 0 Å². The van der Waals surface area contributed by atoms with Crippen molar-refractivity contribution in [3.8, 4) is 0 Å². The van der Waals surface area contributed by atoms with E-state index < -0.39 is 12.1 Å². The largest absolute Gasteiger partial charge is 0.467 e. The summed E-state index contributed by atoms with van der Waals surface area (Å²) in [6, 6.07) is 0. The maximum Gasteiger partial charge on any atom is 0.334 e. The van der Waals surface area contributed by atoms with Crippen molar-refractivity contribution in [3.05, 3.63) is 35.4 Å². The number of hydrogen-bond acceptors (Lipinski definition) is 3. The van der Waals surface area contributed by atoms with Crippen LogP contribution < -0.4 is 0 Å². The van der Waals surface area contributed by atoms with E-state index in [1.807, 2.05) is 13.0 Å². The van der Waals surface area contributed by atoms with E-state index in [-0.39, 0.29) is 0 Å². The molecule has 0 aromatic heterocycles. The van der Waals surface area contributed by atoms with Gasteiger partial charge in [-0.05, 0) is 37.8 Å². The molecule has 0 bridgehead atoms. The van der Waals surface area contributed by atoms with Crippen LogP contribution in [0.15, 0.2) is 35.4 Å². The van der Waals surface area contributed by atoms with Gasteiger partial charge in [0.15, 0.2) is 6.10 Å². The second-order valence-corrected chi connectivity index (χ2v) is 3.92. The van der Waals surface area contributed by atoms with Crippen LogP contribution in [0.5, 0.6) is 0 Å². The van der Waals surface area contributed by atoms with E-state index >= 15 is 0 Å². The molecule has 96 valence electrons. The van der Waals surface area contributed by atoms with Crippen LogP contribution in [0.2, 0.25) is 0 Å². The average Bonchev–Trinajstić information content (AvgIpc) is 2.33. The molecule has 0 saturated heterocycles. The third kappa shape index (κ3) is 6.29. The predicted molar refractivity (Wildman–Crippen MR) is 69.8 cm³/mol. The fourth-order valence-electron chi connectivity index (χ4n) is 1.31. The van der Waals surface area contributed by atoms with Crippen LogP contribution in [-0.4, -0.2) is 24.3 Å². The number of carbonyl (C=O) groups is 1. The molecule has 0 spiro atoms. The summed E-state index contributed by atoms with van der Waals surface area (Å²) in [7, 11) is 1.25. The van der Waals surface area contributed by atoms with Crippen molar-refractivity contribution in [3.63, 3.8) is 0 Å². The first-order valence-corrected chi connectivity index (χ1v) is 5.84. The highest BCUT2D eigenvalue weighted by Gasteiger charge is 2.14. The summed E-state index contributed by atoms with van der Waals surface area (Å²) in [6.07, 6.45) is 5.92. The normalized spacial score (nSPS) is 14.4. The summed E-state index contributed by atoms with van der Waals surface area (Å²) in [4.78, 5) is 11.0. The molecule has 0 amide bonds. The molecule has 3 nitrogen and oxygen atoms in total. The van der Waals surface area contributed by atoms with Crippen LogP contribution in [0.25, 0.3) is 0 Å². The number of methoxy groups -OCH3 is 1. The molecular weight excluding hydrogens is 240 g/mol. The van der Waals surface area contributed by atoms with Crippen molar-refractivity contribution in [2.45, 2.75) is 32.3 Å². The molecule has 0 heterocycles. The van der Waals surface area contributed by atoms with Crippen LogP contribution in [0.4, 0.5) is 0 Å². The fourth-order valence-corrected chi connectivity index (χ4v) is 1.61. The van der Waals surface area contributed by atoms with Crippen LogP contribution in [0.3, 0.4) is 0 Å². The number of allylic oxidation sites excluding steroid dienone is 5. The molecule has 4 heteroatoms. The molecule has 0 aliphatic carbocycles. The molecule has 0 aliphatic rings. The highest BCUT2D eigenvalue weighted by Crippen LogP contribution is 2.19. The zero-order valence-corrected chi connectivity index (χ0v) is 11.0. The average molecular weight is 259 g/mol. The molecule has 1 N–H and O–H groups in total. The molecule has 0 rings (SSSR count). The first-order chi connectivity index (χ1) is 8.06. The van der Waals surface area contributed by atoms with Gasteiger partial charge in [-0.2, -0.15) is 0 Å². The Morgan fingerprint density at radius 2 is 2.24 bits per heavy atom. The summed E-state index contributed by atoms with van der Waals surface area (Å²) < 4.78 is 4.42. The molecule has 17 heavy (non-hydrogen) atoms. The number of hydrogen-bond donors (Lipinski definition) is 1. The lowest BCUT2D eigenvalue weighted by Gasteiger charge is -2.08. The lowest BCUT2D eigenvalue weighted by molar-refractivity contribution is -0.150. The number of aliphatic hydroxyl groups is 1. The Morgan fingerprint density at radius 3 is 2.71 bits per heavy atom. The minimum atomic E-state index is -1.06. The molecule has 0 unspecified atom stereocenters. The zero-order chi connectivity index (χ0) is 13.3. The minimum absolute atomic E-state index is 0.351. The maximum atomic E-state index is 11.0. The van der Waals surface area contributed by atoms with Gasteiger partial charge in [0, 0.05) is 5.03 Å². The molecule has 1 atom stereocenters. The highest BCUT2D eigenvalue weighted by atomic mass is 35.5. The standard InChI is InChI=1S/C13H19ClO3/c1-4-7-11(14)10(5-2)8-6-9-12(15)13(16)17-3/h4-5,7,12,15H,2,6,8-9H2,1,3H3/b7-4-,11-10-/t12-/m1/s1. The Labute approximate surface area is 107 Å². The Hall–Kier alpha value is -1.06. The Kier molecular flexibility index (Phi) is 8.46. The quantitative estimate of drug-likeness (QED) is 0.564. The van der Waals surface area contributed by atoms with Crippen molar-refractivity contribution in [1.82, 2.24) is 0 Å². The molecule has 0 radical (unpaired) electrons. The van der Waals surface area contributed by atoms with Gasteiger partial charge in [0.05, 0.1) is 7.11 Å². The van der Waals surface area contributed by atoms with Crippen LogP contribution >= 0.6 is 11.6 Å². The smallest absolute Gasteiger partial charge is 0.334 e. The predicted octanol–water partition coefficient (Wildman–Crippen LogP) is 2.95.